The minimum Gasteiger partial charge on any atom is -0.386 e. The zero-order valence-electron chi connectivity index (χ0n) is 9.28. The van der Waals surface area contributed by atoms with Gasteiger partial charge in [0.05, 0.1) is 6.10 Å². The fourth-order valence-electron chi connectivity index (χ4n) is 1.59. The number of unbranched alkanes of at least 4 members (excludes halogenated alkanes) is 4. The minimum atomic E-state index is -0.392. The molecular formula is C12H22O2. The Morgan fingerprint density at radius 3 is 2.64 bits per heavy atom. The highest BCUT2D eigenvalue weighted by Crippen LogP contribution is 2.25. The van der Waals surface area contributed by atoms with Crippen molar-refractivity contribution >= 4 is 0 Å². The smallest absolute Gasteiger partial charge is 0.113 e. The Kier molecular flexibility index (Phi) is 5.20. The summed E-state index contributed by atoms with van der Waals surface area (Å²) in [5.74, 6) is 0. The van der Waals surface area contributed by atoms with Crippen molar-refractivity contribution in [2.24, 2.45) is 0 Å². The number of allylic oxidation sites excluding steroid dienone is 1. The van der Waals surface area contributed by atoms with Crippen molar-refractivity contribution in [3.05, 3.63) is 12.2 Å². The van der Waals surface area contributed by atoms with Crippen LogP contribution in [0, 0.1) is 0 Å². The van der Waals surface area contributed by atoms with Gasteiger partial charge in [0.2, 0.25) is 0 Å². The maximum Gasteiger partial charge on any atom is 0.113 e. The fraction of sp³-hybridized carbons (Fsp3) is 0.833. The van der Waals surface area contributed by atoms with Crippen LogP contribution in [0.15, 0.2) is 12.2 Å². The zero-order chi connectivity index (χ0) is 10.4. The molecule has 14 heavy (non-hydrogen) atoms. The summed E-state index contributed by atoms with van der Waals surface area (Å²) in [5.41, 5.74) is 0. The molecule has 1 saturated heterocycles. The van der Waals surface area contributed by atoms with E-state index < -0.39 is 6.10 Å². The van der Waals surface area contributed by atoms with Crippen LogP contribution in [0.2, 0.25) is 0 Å². The molecule has 0 radical (unpaired) electrons. The molecular weight excluding hydrogens is 176 g/mol. The lowest BCUT2D eigenvalue weighted by Crippen LogP contribution is -2.12. The third-order valence-corrected chi connectivity index (χ3v) is 2.65. The fourth-order valence-corrected chi connectivity index (χ4v) is 1.59. The van der Waals surface area contributed by atoms with Crippen molar-refractivity contribution in [3.63, 3.8) is 0 Å². The van der Waals surface area contributed by atoms with E-state index in [2.05, 4.69) is 13.0 Å². The van der Waals surface area contributed by atoms with Crippen LogP contribution in [0.25, 0.3) is 0 Å². The summed E-state index contributed by atoms with van der Waals surface area (Å²) in [5, 5.41) is 9.55. The van der Waals surface area contributed by atoms with E-state index in [0.717, 1.165) is 6.42 Å². The average molecular weight is 198 g/mol. The van der Waals surface area contributed by atoms with Crippen LogP contribution in [-0.4, -0.2) is 23.4 Å². The van der Waals surface area contributed by atoms with Gasteiger partial charge in [0, 0.05) is 0 Å². The molecule has 0 amide bonds. The van der Waals surface area contributed by atoms with Crippen molar-refractivity contribution in [1.29, 1.82) is 0 Å². The van der Waals surface area contributed by atoms with Crippen LogP contribution in [0.4, 0.5) is 0 Å². The Bertz CT molecular complexity index is 177. The molecule has 1 aliphatic heterocycles. The zero-order valence-corrected chi connectivity index (χ0v) is 9.28. The monoisotopic (exact) mass is 198 g/mol. The van der Waals surface area contributed by atoms with E-state index in [1.807, 2.05) is 13.0 Å². The molecule has 1 heterocycles. The number of epoxide rings is 1. The molecule has 0 unspecified atom stereocenters. The van der Waals surface area contributed by atoms with Crippen LogP contribution in [0.3, 0.4) is 0 Å². The lowest BCUT2D eigenvalue weighted by molar-refractivity contribution is 0.177. The Labute approximate surface area is 87.0 Å². The quantitative estimate of drug-likeness (QED) is 0.387. The van der Waals surface area contributed by atoms with Crippen molar-refractivity contribution < 1.29 is 9.84 Å². The maximum atomic E-state index is 9.55. The summed E-state index contributed by atoms with van der Waals surface area (Å²) >= 11 is 0. The van der Waals surface area contributed by atoms with E-state index in [4.69, 9.17) is 4.74 Å². The summed E-state index contributed by atoms with van der Waals surface area (Å²) in [6.45, 7) is 4.20. The van der Waals surface area contributed by atoms with Crippen LogP contribution >= 0.6 is 0 Å². The lowest BCUT2D eigenvalue weighted by atomic mass is 10.1. The first kappa shape index (κ1) is 11.7. The molecule has 3 atom stereocenters. The second kappa shape index (κ2) is 6.20. The van der Waals surface area contributed by atoms with Gasteiger partial charge in [-0.25, -0.2) is 0 Å². The Hall–Kier alpha value is -0.340. The van der Waals surface area contributed by atoms with E-state index in [1.54, 1.807) is 0 Å². The van der Waals surface area contributed by atoms with Crippen molar-refractivity contribution in [1.82, 2.24) is 0 Å². The molecule has 0 saturated carbocycles. The highest BCUT2D eigenvalue weighted by Gasteiger charge is 2.39. The number of rotatable bonds is 7. The van der Waals surface area contributed by atoms with Crippen LogP contribution in [0.5, 0.6) is 0 Å². The van der Waals surface area contributed by atoms with Crippen LogP contribution in [-0.2, 0) is 4.74 Å². The number of ether oxygens (including phenoxy) is 1. The first-order chi connectivity index (χ1) is 6.75. The minimum absolute atomic E-state index is 0.0573. The topological polar surface area (TPSA) is 32.8 Å². The van der Waals surface area contributed by atoms with Gasteiger partial charge in [-0.15, -0.1) is 0 Å². The lowest BCUT2D eigenvalue weighted by Gasteiger charge is -1.99. The number of hydrogen-bond acceptors (Lipinski definition) is 2. The SMILES string of the molecule is CCCCCC/C=C/[C@H](O)[C@H]1O[C@H]1C. The van der Waals surface area contributed by atoms with E-state index in [9.17, 15) is 5.11 Å². The van der Waals surface area contributed by atoms with Gasteiger partial charge in [-0.1, -0.05) is 38.3 Å². The molecule has 1 fully saturated rings. The number of hydrogen-bond donors (Lipinski definition) is 1. The van der Waals surface area contributed by atoms with Gasteiger partial charge in [-0.2, -0.15) is 0 Å². The Morgan fingerprint density at radius 2 is 2.07 bits per heavy atom. The molecule has 1 N–H and O–H groups in total. The second-order valence-electron chi connectivity index (χ2n) is 4.07. The highest BCUT2D eigenvalue weighted by molar-refractivity contribution is 5.00. The van der Waals surface area contributed by atoms with Crippen LogP contribution < -0.4 is 0 Å². The Balaban J connectivity index is 1.97. The summed E-state index contributed by atoms with van der Waals surface area (Å²) in [4.78, 5) is 0. The summed E-state index contributed by atoms with van der Waals surface area (Å²) < 4.78 is 5.17. The summed E-state index contributed by atoms with van der Waals surface area (Å²) in [7, 11) is 0. The molecule has 0 spiro atoms. The highest BCUT2D eigenvalue weighted by atomic mass is 16.6. The average Bonchev–Trinajstić information content (AvgIpc) is 2.88. The summed E-state index contributed by atoms with van der Waals surface area (Å²) in [6.07, 6.45) is 10.1. The molecule has 0 aliphatic carbocycles. The first-order valence-corrected chi connectivity index (χ1v) is 5.76. The van der Waals surface area contributed by atoms with Gasteiger partial charge < -0.3 is 9.84 Å². The first-order valence-electron chi connectivity index (χ1n) is 5.76. The molecule has 0 aromatic heterocycles. The molecule has 2 nitrogen and oxygen atoms in total. The van der Waals surface area contributed by atoms with Gasteiger partial charge in [0.15, 0.2) is 0 Å². The number of aliphatic hydroxyl groups is 1. The van der Waals surface area contributed by atoms with E-state index >= 15 is 0 Å². The maximum absolute atomic E-state index is 9.55. The van der Waals surface area contributed by atoms with Gasteiger partial charge >= 0.3 is 0 Å². The molecule has 2 heteroatoms. The third-order valence-electron chi connectivity index (χ3n) is 2.65. The molecule has 0 bridgehead atoms. The predicted octanol–water partition coefficient (Wildman–Crippen LogP) is 2.66. The van der Waals surface area contributed by atoms with Crippen molar-refractivity contribution in [3.8, 4) is 0 Å². The van der Waals surface area contributed by atoms with Gasteiger partial charge in [-0.3, -0.25) is 0 Å². The Morgan fingerprint density at radius 1 is 1.36 bits per heavy atom. The van der Waals surface area contributed by atoms with Gasteiger partial charge in [0.25, 0.3) is 0 Å². The summed E-state index contributed by atoms with van der Waals surface area (Å²) in [6, 6.07) is 0. The molecule has 1 aliphatic rings. The normalized spacial score (nSPS) is 28.2. The van der Waals surface area contributed by atoms with E-state index in [1.165, 1.54) is 25.7 Å². The number of aliphatic hydroxyl groups excluding tert-OH is 1. The van der Waals surface area contributed by atoms with E-state index in [-0.39, 0.29) is 12.2 Å². The molecule has 82 valence electrons. The van der Waals surface area contributed by atoms with Crippen molar-refractivity contribution in [2.45, 2.75) is 64.3 Å². The third kappa shape index (κ3) is 4.25. The van der Waals surface area contributed by atoms with Gasteiger partial charge in [-0.05, 0) is 19.8 Å². The predicted molar refractivity (Wildman–Crippen MR) is 58.2 cm³/mol. The van der Waals surface area contributed by atoms with Gasteiger partial charge in [0.1, 0.15) is 12.2 Å². The van der Waals surface area contributed by atoms with E-state index in [0.29, 0.717) is 0 Å². The second-order valence-corrected chi connectivity index (χ2v) is 4.07. The molecule has 1 rings (SSSR count). The molecule has 0 aromatic rings. The standard InChI is InChI=1S/C12H22O2/c1-3-4-5-6-7-8-9-11(13)12-10(2)14-12/h8-13H,3-7H2,1-2H3/b9-8+/t10-,11-,12-/m0/s1. The largest absolute Gasteiger partial charge is 0.386 e. The van der Waals surface area contributed by atoms with Crippen molar-refractivity contribution in [2.75, 3.05) is 0 Å². The molecule has 0 aromatic carbocycles. The van der Waals surface area contributed by atoms with Crippen LogP contribution in [0.1, 0.15) is 46.0 Å².